The predicted octanol–water partition coefficient (Wildman–Crippen LogP) is 5.12. The summed E-state index contributed by atoms with van der Waals surface area (Å²) in [5.74, 6) is 0.561. The Balaban J connectivity index is 1.66. The highest BCUT2D eigenvalue weighted by Gasteiger charge is 2.11. The molecule has 4 heteroatoms. The molecule has 0 atom stereocenters. The molecule has 3 rings (SSSR count). The summed E-state index contributed by atoms with van der Waals surface area (Å²) in [5, 5.41) is 0. The third kappa shape index (κ3) is 4.74. The topological polar surface area (TPSA) is 52.6 Å². The molecule has 28 heavy (non-hydrogen) atoms. The lowest BCUT2D eigenvalue weighted by Gasteiger charge is -2.07. The van der Waals surface area contributed by atoms with Crippen molar-refractivity contribution in [3.8, 4) is 11.5 Å². The van der Waals surface area contributed by atoms with Gasteiger partial charge in [0.05, 0.1) is 12.7 Å². The number of carbonyl (C=O) groups is 2. The van der Waals surface area contributed by atoms with Crippen molar-refractivity contribution in [2.75, 3.05) is 7.11 Å². The van der Waals surface area contributed by atoms with Crippen molar-refractivity contribution in [3.63, 3.8) is 0 Å². The molecule has 3 aromatic carbocycles. The Morgan fingerprint density at radius 2 is 1.61 bits per heavy atom. The molecular formula is C24H20O4. The summed E-state index contributed by atoms with van der Waals surface area (Å²) in [6.45, 7) is 1.85. The molecule has 0 saturated heterocycles. The number of carbonyl (C=O) groups excluding carboxylic acids is 2. The zero-order valence-electron chi connectivity index (χ0n) is 15.7. The van der Waals surface area contributed by atoms with Crippen LogP contribution in [0.2, 0.25) is 0 Å². The van der Waals surface area contributed by atoms with Crippen LogP contribution in [0.4, 0.5) is 0 Å². The minimum atomic E-state index is -0.421. The van der Waals surface area contributed by atoms with E-state index in [4.69, 9.17) is 9.47 Å². The Labute approximate surface area is 164 Å². The molecule has 0 aromatic heterocycles. The van der Waals surface area contributed by atoms with E-state index in [1.54, 1.807) is 49.6 Å². The van der Waals surface area contributed by atoms with Gasteiger partial charge in [0.25, 0.3) is 0 Å². The SMILES string of the molecule is COc1cccc(C=CC(=O)c2ccc(OC(=O)c3ccccc3C)cc2)c1. The second-order valence-electron chi connectivity index (χ2n) is 6.20. The van der Waals surface area contributed by atoms with Crippen molar-refractivity contribution < 1.29 is 19.1 Å². The molecule has 0 aliphatic heterocycles. The number of ketones is 1. The third-order valence-corrected chi connectivity index (χ3v) is 4.24. The van der Waals surface area contributed by atoms with Gasteiger partial charge in [0.1, 0.15) is 11.5 Å². The zero-order valence-corrected chi connectivity index (χ0v) is 15.7. The average Bonchev–Trinajstić information content (AvgIpc) is 2.73. The first-order valence-corrected chi connectivity index (χ1v) is 8.81. The highest BCUT2D eigenvalue weighted by Crippen LogP contribution is 2.17. The normalized spacial score (nSPS) is 10.6. The van der Waals surface area contributed by atoms with E-state index in [0.717, 1.165) is 16.9 Å². The maximum Gasteiger partial charge on any atom is 0.343 e. The molecular weight excluding hydrogens is 352 g/mol. The van der Waals surface area contributed by atoms with Gasteiger partial charge in [0.2, 0.25) is 0 Å². The number of hydrogen-bond acceptors (Lipinski definition) is 4. The Hall–Kier alpha value is -3.66. The van der Waals surface area contributed by atoms with Crippen LogP contribution >= 0.6 is 0 Å². The molecule has 0 aliphatic rings. The number of ether oxygens (including phenoxy) is 2. The lowest BCUT2D eigenvalue weighted by atomic mass is 10.1. The summed E-state index contributed by atoms with van der Waals surface area (Å²) in [4.78, 5) is 24.6. The van der Waals surface area contributed by atoms with Gasteiger partial charge in [-0.3, -0.25) is 4.79 Å². The molecule has 0 N–H and O–H groups in total. The van der Waals surface area contributed by atoms with E-state index >= 15 is 0 Å². The van der Waals surface area contributed by atoms with Gasteiger partial charge in [-0.15, -0.1) is 0 Å². The fraction of sp³-hybridized carbons (Fsp3) is 0.0833. The fourth-order valence-corrected chi connectivity index (χ4v) is 2.66. The molecule has 0 bridgehead atoms. The van der Waals surface area contributed by atoms with Gasteiger partial charge in [-0.1, -0.05) is 36.4 Å². The van der Waals surface area contributed by atoms with Crippen LogP contribution in [0.3, 0.4) is 0 Å². The fourth-order valence-electron chi connectivity index (χ4n) is 2.66. The van der Waals surface area contributed by atoms with Crippen LogP contribution in [-0.4, -0.2) is 18.9 Å². The van der Waals surface area contributed by atoms with Gasteiger partial charge >= 0.3 is 5.97 Å². The summed E-state index contributed by atoms with van der Waals surface area (Å²) in [6, 6.07) is 21.2. The number of methoxy groups -OCH3 is 1. The summed E-state index contributed by atoms with van der Waals surface area (Å²) < 4.78 is 10.6. The highest BCUT2D eigenvalue weighted by molar-refractivity contribution is 6.06. The summed E-state index contributed by atoms with van der Waals surface area (Å²) in [5.41, 5.74) is 2.75. The van der Waals surface area contributed by atoms with Gasteiger partial charge in [-0.2, -0.15) is 0 Å². The Bertz CT molecular complexity index is 1020. The monoisotopic (exact) mass is 372 g/mol. The molecule has 0 fully saturated rings. The maximum atomic E-state index is 12.3. The second-order valence-corrected chi connectivity index (χ2v) is 6.20. The number of rotatable bonds is 6. The van der Waals surface area contributed by atoms with Crippen molar-refractivity contribution in [3.05, 3.63) is 101 Å². The molecule has 4 nitrogen and oxygen atoms in total. The lowest BCUT2D eigenvalue weighted by molar-refractivity contribution is 0.0734. The Kier molecular flexibility index (Phi) is 6.02. The van der Waals surface area contributed by atoms with Gasteiger partial charge in [-0.25, -0.2) is 4.79 Å². The van der Waals surface area contributed by atoms with Crippen molar-refractivity contribution in [2.45, 2.75) is 6.92 Å². The van der Waals surface area contributed by atoms with Crippen molar-refractivity contribution in [2.24, 2.45) is 0 Å². The molecule has 0 aliphatic carbocycles. The van der Waals surface area contributed by atoms with Gasteiger partial charge in [0, 0.05) is 5.56 Å². The lowest BCUT2D eigenvalue weighted by Crippen LogP contribution is -2.10. The molecule has 3 aromatic rings. The number of esters is 1. The smallest absolute Gasteiger partial charge is 0.343 e. The van der Waals surface area contributed by atoms with Crippen LogP contribution in [0.1, 0.15) is 31.8 Å². The quantitative estimate of drug-likeness (QED) is 0.261. The Morgan fingerprint density at radius 1 is 0.857 bits per heavy atom. The van der Waals surface area contributed by atoms with Crippen LogP contribution in [0.5, 0.6) is 11.5 Å². The minimum absolute atomic E-state index is 0.139. The number of allylic oxidation sites excluding steroid dienone is 1. The predicted molar refractivity (Wildman–Crippen MR) is 109 cm³/mol. The molecule has 0 spiro atoms. The van der Waals surface area contributed by atoms with Crippen LogP contribution < -0.4 is 9.47 Å². The molecule has 0 heterocycles. The number of hydrogen-bond donors (Lipinski definition) is 0. The first-order valence-electron chi connectivity index (χ1n) is 8.81. The minimum Gasteiger partial charge on any atom is -0.497 e. The van der Waals surface area contributed by atoms with Crippen LogP contribution in [0.25, 0.3) is 6.08 Å². The van der Waals surface area contributed by atoms with E-state index in [1.165, 1.54) is 6.08 Å². The molecule has 0 saturated carbocycles. The van der Waals surface area contributed by atoms with Crippen LogP contribution in [0.15, 0.2) is 78.9 Å². The molecule has 0 amide bonds. The van der Waals surface area contributed by atoms with E-state index in [1.807, 2.05) is 43.3 Å². The van der Waals surface area contributed by atoms with E-state index in [0.29, 0.717) is 16.9 Å². The maximum absolute atomic E-state index is 12.3. The van der Waals surface area contributed by atoms with Gasteiger partial charge < -0.3 is 9.47 Å². The van der Waals surface area contributed by atoms with Gasteiger partial charge in [-0.05, 0) is 66.6 Å². The number of aryl methyl sites for hydroxylation is 1. The highest BCUT2D eigenvalue weighted by atomic mass is 16.5. The van der Waals surface area contributed by atoms with Gasteiger partial charge in [0.15, 0.2) is 5.78 Å². The van der Waals surface area contributed by atoms with Crippen LogP contribution in [-0.2, 0) is 0 Å². The third-order valence-electron chi connectivity index (χ3n) is 4.24. The molecule has 0 radical (unpaired) electrons. The largest absolute Gasteiger partial charge is 0.497 e. The van der Waals surface area contributed by atoms with E-state index in [2.05, 4.69) is 0 Å². The standard InChI is InChI=1S/C24H20O4/c1-17-6-3-4-9-22(17)24(26)28-20-13-11-19(12-14-20)23(25)15-10-18-7-5-8-21(16-18)27-2/h3-16H,1-2H3. The first kappa shape index (κ1) is 19.1. The average molecular weight is 372 g/mol. The van der Waals surface area contributed by atoms with Crippen molar-refractivity contribution in [1.82, 2.24) is 0 Å². The van der Waals surface area contributed by atoms with Crippen molar-refractivity contribution in [1.29, 1.82) is 0 Å². The summed E-state index contributed by atoms with van der Waals surface area (Å²) in [7, 11) is 1.60. The molecule has 0 unspecified atom stereocenters. The van der Waals surface area contributed by atoms with E-state index in [9.17, 15) is 9.59 Å². The Morgan fingerprint density at radius 3 is 2.32 bits per heavy atom. The van der Waals surface area contributed by atoms with Crippen LogP contribution in [0, 0.1) is 6.92 Å². The van der Waals surface area contributed by atoms with E-state index < -0.39 is 5.97 Å². The first-order chi connectivity index (χ1) is 13.6. The number of benzene rings is 3. The second kappa shape index (κ2) is 8.82. The molecule has 140 valence electrons. The zero-order chi connectivity index (χ0) is 19.9. The van der Waals surface area contributed by atoms with E-state index in [-0.39, 0.29) is 5.78 Å². The summed E-state index contributed by atoms with van der Waals surface area (Å²) in [6.07, 6.45) is 3.24. The summed E-state index contributed by atoms with van der Waals surface area (Å²) >= 11 is 0. The van der Waals surface area contributed by atoms with Crippen molar-refractivity contribution >= 4 is 17.8 Å².